The molecule has 128 valence electrons. The number of nitrogens with one attached hydrogen (secondary N) is 1. The van der Waals surface area contributed by atoms with Gasteiger partial charge >= 0.3 is 6.61 Å². The zero-order valence-corrected chi connectivity index (χ0v) is 13.3. The number of methoxy groups -OCH3 is 1. The van der Waals surface area contributed by atoms with Crippen molar-refractivity contribution in [2.45, 2.75) is 6.61 Å². The number of terminal acetylenes is 1. The smallest absolute Gasteiger partial charge is 0.387 e. The van der Waals surface area contributed by atoms with E-state index in [0.29, 0.717) is 11.3 Å². The summed E-state index contributed by atoms with van der Waals surface area (Å²) < 4.78 is 34.6. The highest BCUT2D eigenvalue weighted by Gasteiger charge is 2.14. The molecule has 0 saturated carbocycles. The SMILES string of the molecule is C#Cc1cccc(NC(=O)/C=C/c2cccc(OC)c2OC(F)F)c1. The molecule has 1 N–H and O–H groups in total. The molecule has 0 aliphatic carbocycles. The first-order chi connectivity index (χ1) is 12.0. The molecule has 2 aromatic carbocycles. The molecule has 1 amide bonds. The van der Waals surface area contributed by atoms with Gasteiger partial charge in [0.2, 0.25) is 5.91 Å². The van der Waals surface area contributed by atoms with Crippen LogP contribution in [0.1, 0.15) is 11.1 Å². The van der Waals surface area contributed by atoms with Gasteiger partial charge in [0.05, 0.1) is 7.11 Å². The lowest BCUT2D eigenvalue weighted by molar-refractivity contribution is -0.111. The third-order valence-electron chi connectivity index (χ3n) is 3.15. The Morgan fingerprint density at radius 3 is 2.72 bits per heavy atom. The van der Waals surface area contributed by atoms with E-state index in [9.17, 15) is 13.6 Å². The van der Waals surface area contributed by atoms with Crippen LogP contribution in [-0.2, 0) is 4.79 Å². The molecule has 0 aliphatic heterocycles. The van der Waals surface area contributed by atoms with E-state index < -0.39 is 12.5 Å². The number of hydrogen-bond acceptors (Lipinski definition) is 3. The third kappa shape index (κ3) is 5.08. The molecule has 0 heterocycles. The second kappa shape index (κ2) is 8.50. The first-order valence-corrected chi connectivity index (χ1v) is 7.21. The van der Waals surface area contributed by atoms with Crippen molar-refractivity contribution in [3.05, 3.63) is 59.7 Å². The number of benzene rings is 2. The summed E-state index contributed by atoms with van der Waals surface area (Å²) in [4.78, 5) is 12.0. The maximum atomic E-state index is 12.6. The lowest BCUT2D eigenvalue weighted by Crippen LogP contribution is -2.08. The van der Waals surface area contributed by atoms with Crippen molar-refractivity contribution in [3.8, 4) is 23.8 Å². The number of amides is 1. The number of para-hydroxylation sites is 1. The van der Waals surface area contributed by atoms with Crippen molar-refractivity contribution in [1.82, 2.24) is 0 Å². The summed E-state index contributed by atoms with van der Waals surface area (Å²) >= 11 is 0. The number of hydrogen-bond donors (Lipinski definition) is 1. The molecule has 0 unspecified atom stereocenters. The summed E-state index contributed by atoms with van der Waals surface area (Å²) in [6, 6.07) is 11.4. The highest BCUT2D eigenvalue weighted by molar-refractivity contribution is 6.02. The van der Waals surface area contributed by atoms with Crippen LogP contribution in [0.4, 0.5) is 14.5 Å². The minimum absolute atomic E-state index is 0.140. The van der Waals surface area contributed by atoms with Gasteiger partial charge in [0.25, 0.3) is 0 Å². The molecule has 0 radical (unpaired) electrons. The molecular weight excluding hydrogens is 328 g/mol. The predicted octanol–water partition coefficient (Wildman–Crippen LogP) is 3.93. The van der Waals surface area contributed by atoms with E-state index >= 15 is 0 Å². The van der Waals surface area contributed by atoms with Gasteiger partial charge < -0.3 is 14.8 Å². The predicted molar refractivity (Wildman–Crippen MR) is 91.7 cm³/mol. The second-order valence-corrected chi connectivity index (χ2v) is 4.80. The minimum Gasteiger partial charge on any atom is -0.493 e. The molecule has 0 saturated heterocycles. The zero-order chi connectivity index (χ0) is 18.2. The van der Waals surface area contributed by atoms with Gasteiger partial charge in [-0.3, -0.25) is 4.79 Å². The molecule has 2 aromatic rings. The van der Waals surface area contributed by atoms with Crippen molar-refractivity contribution < 1.29 is 23.0 Å². The van der Waals surface area contributed by atoms with Crippen molar-refractivity contribution in [2.24, 2.45) is 0 Å². The van der Waals surface area contributed by atoms with Crippen LogP contribution in [-0.4, -0.2) is 19.6 Å². The molecule has 0 atom stereocenters. The molecule has 25 heavy (non-hydrogen) atoms. The van der Waals surface area contributed by atoms with Gasteiger partial charge in [-0.25, -0.2) is 0 Å². The van der Waals surface area contributed by atoms with Crippen LogP contribution in [0.3, 0.4) is 0 Å². The van der Waals surface area contributed by atoms with Gasteiger partial charge in [-0.15, -0.1) is 6.42 Å². The molecule has 6 heteroatoms. The topological polar surface area (TPSA) is 47.6 Å². The molecule has 0 aromatic heterocycles. The van der Waals surface area contributed by atoms with E-state index in [-0.39, 0.29) is 17.1 Å². The van der Waals surface area contributed by atoms with Gasteiger partial charge in [0.1, 0.15) is 0 Å². The third-order valence-corrected chi connectivity index (χ3v) is 3.15. The zero-order valence-electron chi connectivity index (χ0n) is 13.3. The van der Waals surface area contributed by atoms with Gasteiger partial charge in [0, 0.05) is 22.9 Å². The van der Waals surface area contributed by atoms with E-state index in [0.717, 1.165) is 0 Å². The molecule has 2 rings (SSSR count). The van der Waals surface area contributed by atoms with E-state index in [1.54, 1.807) is 30.3 Å². The van der Waals surface area contributed by atoms with Crippen LogP contribution in [0.15, 0.2) is 48.5 Å². The normalized spacial score (nSPS) is 10.5. The highest BCUT2D eigenvalue weighted by Crippen LogP contribution is 2.33. The Hall–Kier alpha value is -3.33. The Balaban J connectivity index is 2.18. The Labute approximate surface area is 144 Å². The van der Waals surface area contributed by atoms with Gasteiger partial charge in [-0.2, -0.15) is 8.78 Å². The lowest BCUT2D eigenvalue weighted by Gasteiger charge is -2.12. The number of halogens is 2. The van der Waals surface area contributed by atoms with E-state index in [2.05, 4.69) is 16.0 Å². The summed E-state index contributed by atoms with van der Waals surface area (Å²) in [6.45, 7) is -3.01. The van der Waals surface area contributed by atoms with Gasteiger partial charge in [0.15, 0.2) is 11.5 Å². The number of ether oxygens (including phenoxy) is 2. The fourth-order valence-corrected chi connectivity index (χ4v) is 2.08. The van der Waals surface area contributed by atoms with Crippen LogP contribution in [0.2, 0.25) is 0 Å². The molecule has 0 bridgehead atoms. The van der Waals surface area contributed by atoms with E-state index in [4.69, 9.17) is 11.2 Å². The maximum Gasteiger partial charge on any atom is 0.387 e. The monoisotopic (exact) mass is 343 g/mol. The first kappa shape index (κ1) is 18.0. The standard InChI is InChI=1S/C19H15F2NO3/c1-3-13-6-4-8-15(12-13)22-17(23)11-10-14-7-5-9-16(24-2)18(14)25-19(20)21/h1,4-12,19H,2H3,(H,22,23)/b11-10+. The Morgan fingerprint density at radius 2 is 2.04 bits per heavy atom. The van der Waals surface area contributed by atoms with Crippen LogP contribution in [0.25, 0.3) is 6.08 Å². The number of carbonyl (C=O) groups is 1. The van der Waals surface area contributed by atoms with E-state index in [1.807, 2.05) is 0 Å². The number of anilines is 1. The van der Waals surface area contributed by atoms with Crippen molar-refractivity contribution in [2.75, 3.05) is 12.4 Å². The average Bonchev–Trinajstić information content (AvgIpc) is 2.60. The largest absolute Gasteiger partial charge is 0.493 e. The Kier molecular flexibility index (Phi) is 6.13. The Bertz CT molecular complexity index is 826. The molecule has 0 aliphatic rings. The fraction of sp³-hybridized carbons (Fsp3) is 0.105. The van der Waals surface area contributed by atoms with Crippen LogP contribution < -0.4 is 14.8 Å². The quantitative estimate of drug-likeness (QED) is 0.639. The summed E-state index contributed by atoms with van der Waals surface area (Å²) in [5, 5.41) is 2.63. The summed E-state index contributed by atoms with van der Waals surface area (Å²) in [7, 11) is 1.34. The van der Waals surface area contributed by atoms with Crippen molar-refractivity contribution in [3.63, 3.8) is 0 Å². The number of carbonyl (C=O) groups excluding carboxylic acids is 1. The summed E-state index contributed by atoms with van der Waals surface area (Å²) in [5.74, 6) is 2.02. The Morgan fingerprint density at radius 1 is 1.28 bits per heavy atom. The molecule has 0 fully saturated rings. The average molecular weight is 343 g/mol. The van der Waals surface area contributed by atoms with Gasteiger partial charge in [-0.1, -0.05) is 24.1 Å². The van der Waals surface area contributed by atoms with Crippen LogP contribution in [0, 0.1) is 12.3 Å². The van der Waals surface area contributed by atoms with Gasteiger partial charge in [-0.05, 0) is 30.3 Å². The second-order valence-electron chi connectivity index (χ2n) is 4.80. The van der Waals surface area contributed by atoms with Crippen LogP contribution >= 0.6 is 0 Å². The summed E-state index contributed by atoms with van der Waals surface area (Å²) in [6.07, 6.45) is 7.87. The number of alkyl halides is 2. The van der Waals surface area contributed by atoms with Crippen molar-refractivity contribution in [1.29, 1.82) is 0 Å². The lowest BCUT2D eigenvalue weighted by atomic mass is 10.1. The van der Waals surface area contributed by atoms with E-state index in [1.165, 1.54) is 31.4 Å². The first-order valence-electron chi connectivity index (χ1n) is 7.21. The summed E-state index contributed by atoms with van der Waals surface area (Å²) in [5.41, 5.74) is 1.44. The molecule has 0 spiro atoms. The highest BCUT2D eigenvalue weighted by atomic mass is 19.3. The van der Waals surface area contributed by atoms with Crippen LogP contribution in [0.5, 0.6) is 11.5 Å². The molecule has 4 nitrogen and oxygen atoms in total. The maximum absolute atomic E-state index is 12.6. The fourth-order valence-electron chi connectivity index (χ4n) is 2.08. The molecular formula is C19H15F2NO3. The number of rotatable bonds is 6. The minimum atomic E-state index is -3.01. The van der Waals surface area contributed by atoms with Crippen molar-refractivity contribution >= 4 is 17.7 Å².